The molecule has 1 saturated heterocycles. The Hall–Kier alpha value is -1.14. The molecule has 21 heavy (non-hydrogen) atoms. The fraction of sp³-hybridized carbons (Fsp3) is 0.786. The molecule has 118 valence electrons. The molecule has 1 fully saturated rings. The summed E-state index contributed by atoms with van der Waals surface area (Å²) in [6, 6.07) is 0.324. The van der Waals surface area contributed by atoms with Crippen LogP contribution in [0, 0.1) is 0 Å². The zero-order chi connectivity index (χ0) is 15.2. The Morgan fingerprint density at radius 2 is 2.00 bits per heavy atom. The van der Waals surface area contributed by atoms with Gasteiger partial charge in [0.25, 0.3) is 0 Å². The van der Waals surface area contributed by atoms with Crippen molar-refractivity contribution in [1.29, 1.82) is 0 Å². The Morgan fingerprint density at radius 1 is 1.29 bits per heavy atom. The summed E-state index contributed by atoms with van der Waals surface area (Å²) in [7, 11) is 1.70. The Morgan fingerprint density at radius 3 is 2.62 bits per heavy atom. The standard InChI is InChI=1S/C14H24ClN5O/c1-4-11(2)20(9-10-21-3)14-17-12(15)16-13(18-14)19-7-5-6-8-19/h11H,4-10H2,1-3H3. The highest BCUT2D eigenvalue weighted by Gasteiger charge is 2.21. The predicted octanol–water partition coefficient (Wildman–Crippen LogP) is 2.38. The van der Waals surface area contributed by atoms with Crippen LogP contribution in [-0.4, -0.2) is 54.3 Å². The molecule has 2 rings (SSSR count). The molecular formula is C14H24ClN5O. The maximum Gasteiger partial charge on any atom is 0.231 e. The average Bonchev–Trinajstić information content (AvgIpc) is 3.01. The second-order valence-corrected chi connectivity index (χ2v) is 5.68. The third-order valence-electron chi connectivity index (χ3n) is 3.89. The molecule has 1 aliphatic rings. The summed E-state index contributed by atoms with van der Waals surface area (Å²) >= 11 is 6.11. The van der Waals surface area contributed by atoms with Crippen LogP contribution in [0.3, 0.4) is 0 Å². The molecule has 0 saturated carbocycles. The number of rotatable bonds is 7. The lowest BCUT2D eigenvalue weighted by molar-refractivity contribution is 0.203. The highest BCUT2D eigenvalue weighted by Crippen LogP contribution is 2.22. The van der Waals surface area contributed by atoms with Crippen molar-refractivity contribution in [3.8, 4) is 0 Å². The molecule has 1 aliphatic heterocycles. The van der Waals surface area contributed by atoms with Gasteiger partial charge in [0, 0.05) is 32.8 Å². The zero-order valence-corrected chi connectivity index (χ0v) is 13.8. The Kier molecular flexibility index (Phi) is 5.99. The van der Waals surface area contributed by atoms with Gasteiger partial charge in [-0.05, 0) is 37.8 Å². The van der Waals surface area contributed by atoms with Gasteiger partial charge in [-0.25, -0.2) is 0 Å². The fourth-order valence-electron chi connectivity index (χ4n) is 2.44. The van der Waals surface area contributed by atoms with E-state index in [2.05, 4.69) is 38.6 Å². The molecule has 0 radical (unpaired) electrons. The zero-order valence-electron chi connectivity index (χ0n) is 13.0. The first-order valence-corrected chi connectivity index (χ1v) is 7.95. The monoisotopic (exact) mass is 313 g/mol. The first-order valence-electron chi connectivity index (χ1n) is 7.57. The third-order valence-corrected chi connectivity index (χ3v) is 4.06. The second kappa shape index (κ2) is 7.75. The summed E-state index contributed by atoms with van der Waals surface area (Å²) in [6.07, 6.45) is 3.36. The van der Waals surface area contributed by atoms with Crippen molar-refractivity contribution in [3.05, 3.63) is 5.28 Å². The molecule has 1 aromatic rings. The summed E-state index contributed by atoms with van der Waals surface area (Å²) in [5.74, 6) is 1.33. The lowest BCUT2D eigenvalue weighted by Gasteiger charge is -2.29. The van der Waals surface area contributed by atoms with E-state index < -0.39 is 0 Å². The van der Waals surface area contributed by atoms with E-state index in [0.29, 0.717) is 24.5 Å². The normalized spacial score (nSPS) is 16.3. The van der Waals surface area contributed by atoms with Gasteiger partial charge in [0.15, 0.2) is 0 Å². The minimum absolute atomic E-state index is 0.257. The molecule has 0 aliphatic carbocycles. The largest absolute Gasteiger partial charge is 0.383 e. The Bertz CT molecular complexity index is 453. The summed E-state index contributed by atoms with van der Waals surface area (Å²) in [5.41, 5.74) is 0. The van der Waals surface area contributed by atoms with Crippen LogP contribution in [0.25, 0.3) is 0 Å². The van der Waals surface area contributed by atoms with Crippen LogP contribution in [0.1, 0.15) is 33.1 Å². The van der Waals surface area contributed by atoms with E-state index in [1.54, 1.807) is 7.11 Å². The molecule has 0 N–H and O–H groups in total. The number of halogens is 1. The molecular weight excluding hydrogens is 290 g/mol. The van der Waals surface area contributed by atoms with Gasteiger partial charge in [0.2, 0.25) is 17.2 Å². The molecule has 2 heterocycles. The van der Waals surface area contributed by atoms with Crippen LogP contribution in [0.4, 0.5) is 11.9 Å². The first kappa shape index (κ1) is 16.2. The maximum atomic E-state index is 6.11. The van der Waals surface area contributed by atoms with E-state index >= 15 is 0 Å². The molecule has 1 atom stereocenters. The van der Waals surface area contributed by atoms with E-state index in [1.807, 2.05) is 0 Å². The van der Waals surface area contributed by atoms with Gasteiger partial charge in [-0.3, -0.25) is 0 Å². The van der Waals surface area contributed by atoms with Gasteiger partial charge in [0.1, 0.15) is 0 Å². The lowest BCUT2D eigenvalue weighted by atomic mass is 10.2. The second-order valence-electron chi connectivity index (χ2n) is 5.34. The summed E-state index contributed by atoms with van der Waals surface area (Å²) in [4.78, 5) is 17.5. The van der Waals surface area contributed by atoms with Crippen LogP contribution >= 0.6 is 11.6 Å². The van der Waals surface area contributed by atoms with Crippen LogP contribution in [-0.2, 0) is 4.74 Å². The minimum atomic E-state index is 0.257. The maximum absolute atomic E-state index is 6.11. The van der Waals surface area contributed by atoms with E-state index in [9.17, 15) is 0 Å². The minimum Gasteiger partial charge on any atom is -0.383 e. The van der Waals surface area contributed by atoms with E-state index in [-0.39, 0.29) is 5.28 Å². The molecule has 0 spiro atoms. The average molecular weight is 314 g/mol. The van der Waals surface area contributed by atoms with Crippen molar-refractivity contribution in [1.82, 2.24) is 15.0 Å². The van der Waals surface area contributed by atoms with E-state index in [0.717, 1.165) is 26.1 Å². The number of ether oxygens (including phenoxy) is 1. The van der Waals surface area contributed by atoms with Gasteiger partial charge in [-0.1, -0.05) is 6.92 Å². The summed E-state index contributed by atoms with van der Waals surface area (Å²) < 4.78 is 5.19. The summed E-state index contributed by atoms with van der Waals surface area (Å²) in [5, 5.41) is 0.257. The highest BCUT2D eigenvalue weighted by molar-refractivity contribution is 6.28. The van der Waals surface area contributed by atoms with Gasteiger partial charge >= 0.3 is 0 Å². The number of methoxy groups -OCH3 is 1. The third kappa shape index (κ3) is 4.17. The van der Waals surface area contributed by atoms with E-state index in [1.165, 1.54) is 12.8 Å². The lowest BCUT2D eigenvalue weighted by Crippen LogP contribution is -2.37. The fourth-order valence-corrected chi connectivity index (χ4v) is 2.60. The summed E-state index contributed by atoms with van der Waals surface area (Å²) in [6.45, 7) is 7.65. The van der Waals surface area contributed by atoms with Crippen molar-refractivity contribution in [2.24, 2.45) is 0 Å². The molecule has 0 aromatic carbocycles. The predicted molar refractivity (Wildman–Crippen MR) is 85.3 cm³/mol. The van der Waals surface area contributed by atoms with Crippen LogP contribution in [0.2, 0.25) is 5.28 Å². The molecule has 0 bridgehead atoms. The van der Waals surface area contributed by atoms with Crippen molar-refractivity contribution in [3.63, 3.8) is 0 Å². The van der Waals surface area contributed by atoms with Gasteiger partial charge in [-0.2, -0.15) is 15.0 Å². The first-order chi connectivity index (χ1) is 10.2. The Labute approximate surface area is 131 Å². The number of anilines is 2. The molecule has 0 amide bonds. The van der Waals surface area contributed by atoms with Gasteiger partial charge in [0.05, 0.1) is 6.61 Å². The van der Waals surface area contributed by atoms with Crippen molar-refractivity contribution in [2.75, 3.05) is 43.2 Å². The van der Waals surface area contributed by atoms with Crippen LogP contribution in [0.15, 0.2) is 0 Å². The van der Waals surface area contributed by atoms with Crippen molar-refractivity contribution in [2.45, 2.75) is 39.2 Å². The number of aromatic nitrogens is 3. The highest BCUT2D eigenvalue weighted by atomic mass is 35.5. The topological polar surface area (TPSA) is 54.4 Å². The molecule has 1 unspecified atom stereocenters. The van der Waals surface area contributed by atoms with Crippen molar-refractivity contribution >= 4 is 23.5 Å². The SMILES string of the molecule is CCC(C)N(CCOC)c1nc(Cl)nc(N2CCCC2)n1. The van der Waals surface area contributed by atoms with Crippen LogP contribution < -0.4 is 9.80 Å². The van der Waals surface area contributed by atoms with Crippen LogP contribution in [0.5, 0.6) is 0 Å². The molecule has 1 aromatic heterocycles. The smallest absolute Gasteiger partial charge is 0.231 e. The molecule has 6 nitrogen and oxygen atoms in total. The molecule has 7 heteroatoms. The quantitative estimate of drug-likeness (QED) is 0.770. The Balaban J connectivity index is 2.25. The number of hydrogen-bond acceptors (Lipinski definition) is 6. The number of nitrogens with zero attached hydrogens (tertiary/aromatic N) is 5. The van der Waals surface area contributed by atoms with E-state index in [4.69, 9.17) is 16.3 Å². The van der Waals surface area contributed by atoms with Crippen molar-refractivity contribution < 1.29 is 4.74 Å². The number of hydrogen-bond donors (Lipinski definition) is 0. The van der Waals surface area contributed by atoms with Gasteiger partial charge in [-0.15, -0.1) is 0 Å². The van der Waals surface area contributed by atoms with Gasteiger partial charge < -0.3 is 14.5 Å².